The fourth-order valence-electron chi connectivity index (χ4n) is 5.82. The molecular weight excluding hydrogens is 733 g/mol. The highest BCUT2D eigenvalue weighted by Gasteiger charge is 2.38. The van der Waals surface area contributed by atoms with E-state index in [0.717, 1.165) is 25.7 Å². The van der Waals surface area contributed by atoms with Gasteiger partial charge in [0.25, 0.3) is 0 Å². The summed E-state index contributed by atoms with van der Waals surface area (Å²) < 4.78 is 18.0. The number of carbonyl (C=O) groups is 4. The second-order valence-corrected chi connectivity index (χ2v) is 27.1. The molecule has 0 saturated heterocycles. The van der Waals surface area contributed by atoms with E-state index in [1.165, 1.54) is 12.1 Å². The number of anilines is 2. The second-order valence-electron chi connectivity index (χ2n) is 17.4. The van der Waals surface area contributed by atoms with Crippen molar-refractivity contribution in [2.75, 3.05) is 49.2 Å². The van der Waals surface area contributed by atoms with Gasteiger partial charge in [0.2, 0.25) is 0 Å². The van der Waals surface area contributed by atoms with Crippen molar-refractivity contribution in [1.29, 1.82) is 0 Å². The molecule has 0 heterocycles. The molecule has 55 heavy (non-hydrogen) atoms. The van der Waals surface area contributed by atoms with E-state index in [1.54, 1.807) is 26.0 Å². The molecule has 0 atom stereocenters. The van der Waals surface area contributed by atoms with Crippen molar-refractivity contribution in [3.8, 4) is 0 Å². The van der Waals surface area contributed by atoms with Gasteiger partial charge in [-0.3, -0.25) is 0 Å². The minimum Gasteiger partial charge on any atom is -0.478 e. The summed E-state index contributed by atoms with van der Waals surface area (Å²) in [4.78, 5) is 56.3. The van der Waals surface area contributed by atoms with Crippen molar-refractivity contribution in [1.82, 2.24) is 0 Å². The summed E-state index contributed by atoms with van der Waals surface area (Å²) in [5.41, 5.74) is 0.782. The quantitative estimate of drug-likeness (QED) is 0.0572. The van der Waals surface area contributed by atoms with Crippen LogP contribution in [0, 0.1) is 13.8 Å². The molecule has 0 saturated carbocycles. The van der Waals surface area contributed by atoms with Gasteiger partial charge in [-0.1, -0.05) is 41.5 Å². The maximum absolute atomic E-state index is 13.7. The van der Waals surface area contributed by atoms with E-state index in [-0.39, 0.29) is 32.3 Å². The molecule has 308 valence electrons. The van der Waals surface area contributed by atoms with E-state index in [1.807, 2.05) is 23.6 Å². The fraction of sp³-hybridized carbons (Fsp3) is 0.619. The van der Waals surface area contributed by atoms with Crippen LogP contribution >= 0.6 is 0 Å². The van der Waals surface area contributed by atoms with Crippen molar-refractivity contribution >= 4 is 51.9 Å². The van der Waals surface area contributed by atoms with Gasteiger partial charge >= 0.3 is 23.9 Å². The smallest absolute Gasteiger partial charge is 0.346 e. The largest absolute Gasteiger partial charge is 0.478 e. The lowest BCUT2D eigenvalue weighted by molar-refractivity contribution is 0.0386. The first-order chi connectivity index (χ1) is 25.3. The Kier molecular flexibility index (Phi) is 16.9. The van der Waals surface area contributed by atoms with E-state index in [2.05, 4.69) is 67.7 Å². The maximum atomic E-state index is 13.7. The molecule has 0 unspecified atom stereocenters. The molecule has 0 aliphatic heterocycles. The van der Waals surface area contributed by atoms with Gasteiger partial charge in [-0.25, -0.2) is 19.2 Å². The number of hydrogen-bond acceptors (Lipinski definition) is 9. The zero-order valence-corrected chi connectivity index (χ0v) is 38.0. The third-order valence-corrected chi connectivity index (χ3v) is 20.4. The number of rotatable bonds is 20. The lowest BCUT2D eigenvalue weighted by Gasteiger charge is -2.36. The maximum Gasteiger partial charge on any atom is 0.346 e. The van der Waals surface area contributed by atoms with Crippen molar-refractivity contribution < 1.29 is 43.0 Å². The normalized spacial score (nSPS) is 12.4. The molecule has 0 fully saturated rings. The van der Waals surface area contributed by atoms with Crippen LogP contribution in [0.1, 0.15) is 134 Å². The van der Waals surface area contributed by atoms with Gasteiger partial charge in [0.05, 0.1) is 22.3 Å². The van der Waals surface area contributed by atoms with Crippen LogP contribution in [0.2, 0.25) is 36.3 Å². The molecule has 0 amide bonds. The zero-order valence-electron chi connectivity index (χ0n) is 36.0. The minimum atomic E-state index is -1.87. The van der Waals surface area contributed by atoms with Crippen LogP contribution in [0.15, 0.2) is 24.3 Å². The monoisotopic (exact) mass is 800 g/mol. The standard InChI is InChI=1S/C42H68N2O9Si2/c1-15-43(21-17-19-23-51-54(11,12)41(5,6)7)31-25-29(3)35(37(45)46)33(27-31)39(49)53-40(50)34-28-32(26-30(4)36(34)38(47)48)44(16-2)22-18-20-24-52-55(13,14)42(8,9)10/h25-28H,15-24H2,1-14H3,(H,45,46)(H,47,48). The van der Waals surface area contributed by atoms with E-state index in [0.29, 0.717) is 61.9 Å². The summed E-state index contributed by atoms with van der Waals surface area (Å²) in [6.45, 7) is 33.0. The number of aryl methyl sites for hydroxylation is 2. The summed E-state index contributed by atoms with van der Waals surface area (Å²) >= 11 is 0. The van der Waals surface area contributed by atoms with Crippen LogP contribution in [-0.4, -0.2) is 90.1 Å². The molecule has 0 aliphatic rings. The van der Waals surface area contributed by atoms with Crippen LogP contribution < -0.4 is 9.80 Å². The summed E-state index contributed by atoms with van der Waals surface area (Å²) in [7, 11) is -3.73. The SMILES string of the molecule is CCN(CCCCO[Si](C)(C)C(C)(C)C)c1cc(C)c(C(=O)O)c(C(=O)OC(=O)c2cc(N(CC)CCCCO[Si](C)(C)C(C)(C)C)cc(C)c2C(=O)O)c1. The Hall–Kier alpha value is -3.53. The third kappa shape index (κ3) is 12.7. The summed E-state index contributed by atoms with van der Waals surface area (Å²) in [6.07, 6.45) is 3.30. The van der Waals surface area contributed by atoms with Gasteiger partial charge in [-0.15, -0.1) is 0 Å². The van der Waals surface area contributed by atoms with Crippen molar-refractivity contribution in [2.45, 2.75) is 131 Å². The Morgan fingerprint density at radius 2 is 0.927 bits per heavy atom. The van der Waals surface area contributed by atoms with Crippen molar-refractivity contribution in [3.05, 3.63) is 57.6 Å². The number of carboxylic acid groups (broad SMARTS) is 2. The number of unbranched alkanes of at least 4 members (excludes halogenated alkanes) is 2. The lowest BCUT2D eigenvalue weighted by Crippen LogP contribution is -2.41. The summed E-state index contributed by atoms with van der Waals surface area (Å²) in [5, 5.41) is 20.4. The van der Waals surface area contributed by atoms with E-state index >= 15 is 0 Å². The number of hydrogen-bond donors (Lipinski definition) is 2. The number of ether oxygens (including phenoxy) is 1. The van der Waals surface area contributed by atoms with Crippen LogP contribution in [0.4, 0.5) is 11.4 Å². The molecule has 2 N–H and O–H groups in total. The number of benzene rings is 2. The molecule has 0 aromatic heterocycles. The Bertz CT molecular complexity index is 1550. The average Bonchev–Trinajstić information content (AvgIpc) is 3.05. The topological polar surface area (TPSA) is 143 Å². The molecule has 2 rings (SSSR count). The molecule has 0 spiro atoms. The van der Waals surface area contributed by atoms with Gasteiger partial charge in [0, 0.05) is 50.8 Å². The Balaban J connectivity index is 2.33. The first-order valence-corrected chi connectivity index (χ1v) is 25.4. The number of esters is 2. The van der Waals surface area contributed by atoms with E-state index in [9.17, 15) is 29.4 Å². The third-order valence-electron chi connectivity index (χ3n) is 11.4. The van der Waals surface area contributed by atoms with Gasteiger partial charge in [0.15, 0.2) is 16.6 Å². The number of carbonyl (C=O) groups excluding carboxylic acids is 2. The molecule has 0 radical (unpaired) electrons. The van der Waals surface area contributed by atoms with Crippen molar-refractivity contribution in [3.63, 3.8) is 0 Å². The molecule has 11 nitrogen and oxygen atoms in total. The van der Waals surface area contributed by atoms with Crippen LogP contribution in [0.5, 0.6) is 0 Å². The first-order valence-electron chi connectivity index (χ1n) is 19.6. The van der Waals surface area contributed by atoms with Crippen LogP contribution in [0.25, 0.3) is 0 Å². The minimum absolute atomic E-state index is 0.117. The highest BCUT2D eigenvalue weighted by atomic mass is 28.4. The van der Waals surface area contributed by atoms with Crippen molar-refractivity contribution in [2.24, 2.45) is 0 Å². The van der Waals surface area contributed by atoms with E-state index in [4.69, 9.17) is 13.6 Å². The number of carboxylic acids is 2. The zero-order chi connectivity index (χ0) is 42.1. The number of aromatic carboxylic acids is 2. The molecule has 2 aromatic rings. The average molecular weight is 801 g/mol. The van der Waals surface area contributed by atoms with Crippen LogP contribution in [0.3, 0.4) is 0 Å². The highest BCUT2D eigenvalue weighted by Crippen LogP contribution is 2.37. The molecule has 0 aliphatic carbocycles. The lowest BCUT2D eigenvalue weighted by atomic mass is 9.99. The van der Waals surface area contributed by atoms with Gasteiger partial charge in [-0.2, -0.15) is 0 Å². The summed E-state index contributed by atoms with van der Waals surface area (Å²) in [5.74, 6) is -5.02. The number of nitrogens with zero attached hydrogens (tertiary/aromatic N) is 2. The van der Waals surface area contributed by atoms with Gasteiger partial charge in [0.1, 0.15) is 0 Å². The molecule has 0 bridgehead atoms. The first kappa shape index (κ1) is 47.6. The Morgan fingerprint density at radius 1 is 0.600 bits per heavy atom. The van der Waals surface area contributed by atoms with E-state index < -0.39 is 40.5 Å². The summed E-state index contributed by atoms with van der Waals surface area (Å²) in [6, 6.07) is 6.31. The fourth-order valence-corrected chi connectivity index (χ4v) is 8.00. The van der Waals surface area contributed by atoms with Gasteiger partial charge < -0.3 is 33.6 Å². The molecular formula is C42H68N2O9Si2. The van der Waals surface area contributed by atoms with Crippen LogP contribution in [-0.2, 0) is 13.6 Å². The Labute approximate surface area is 332 Å². The van der Waals surface area contributed by atoms with Gasteiger partial charge in [-0.05, 0) is 125 Å². The highest BCUT2D eigenvalue weighted by molar-refractivity contribution is 6.74. The Morgan fingerprint density at radius 3 is 1.20 bits per heavy atom. The predicted octanol–water partition coefficient (Wildman–Crippen LogP) is 9.95. The molecule has 13 heteroatoms. The second kappa shape index (κ2) is 19.6. The molecule has 2 aromatic carbocycles. The predicted molar refractivity (Wildman–Crippen MR) is 227 cm³/mol.